The van der Waals surface area contributed by atoms with Gasteiger partial charge in [-0.3, -0.25) is 4.90 Å². The number of nitrogens with zero attached hydrogens (tertiary/aromatic N) is 2. The highest BCUT2D eigenvalue weighted by Gasteiger charge is 2.25. The fraction of sp³-hybridized carbons (Fsp3) is 0. The van der Waals surface area contributed by atoms with Crippen LogP contribution in [-0.2, 0) is 0 Å². The minimum Gasteiger partial charge on any atom is -0.293 e. The molecular weight excluding hydrogens is 617 g/mol. The van der Waals surface area contributed by atoms with Crippen LogP contribution in [0, 0.1) is 0 Å². The zero-order chi connectivity index (χ0) is 34.0. The molecule has 0 unspecified atom stereocenters. The number of hydrogen-bond acceptors (Lipinski definition) is 2. The van der Waals surface area contributed by atoms with Crippen molar-refractivity contribution in [2.45, 2.75) is 0 Å². The number of benzene rings is 8. The van der Waals surface area contributed by atoms with Crippen LogP contribution in [0.15, 0.2) is 206 Å². The summed E-state index contributed by atoms with van der Waals surface area (Å²) in [5.74, 6) is 0.862. The number of para-hydroxylation sites is 1. The molecule has 0 saturated heterocycles. The minimum atomic E-state index is 0.862. The second kappa shape index (κ2) is 13.3. The lowest BCUT2D eigenvalue weighted by atomic mass is 9.87. The summed E-state index contributed by atoms with van der Waals surface area (Å²) in [7, 11) is 0. The second-order valence-corrected chi connectivity index (χ2v) is 12.8. The molecule has 0 radical (unpaired) electrons. The molecule has 0 amide bonds. The Hall–Kier alpha value is -6.77. The second-order valence-electron chi connectivity index (χ2n) is 12.8. The van der Waals surface area contributed by atoms with Gasteiger partial charge in [0.25, 0.3) is 0 Å². The average Bonchev–Trinajstić information content (AvgIpc) is 3.22. The fourth-order valence-corrected chi connectivity index (χ4v) is 7.40. The van der Waals surface area contributed by atoms with E-state index in [0.717, 1.165) is 39.1 Å². The molecule has 0 aliphatic heterocycles. The first-order chi connectivity index (χ1) is 25.3. The maximum absolute atomic E-state index is 4.98. The third kappa shape index (κ3) is 5.63. The third-order valence-electron chi connectivity index (χ3n) is 9.67. The Morgan fingerprint density at radius 2 is 0.784 bits per heavy atom. The van der Waals surface area contributed by atoms with Gasteiger partial charge in [0.05, 0.1) is 11.4 Å². The van der Waals surface area contributed by atoms with E-state index in [1.54, 1.807) is 0 Å². The van der Waals surface area contributed by atoms with Crippen LogP contribution in [0.5, 0.6) is 0 Å². The molecule has 9 aromatic rings. The van der Waals surface area contributed by atoms with Gasteiger partial charge in [0.1, 0.15) is 5.82 Å². The van der Waals surface area contributed by atoms with E-state index in [9.17, 15) is 0 Å². The lowest BCUT2D eigenvalue weighted by Gasteiger charge is -2.30. The molecule has 0 saturated carbocycles. The largest absolute Gasteiger partial charge is 0.293 e. The number of fused-ring (bicyclic) bond motifs is 2. The molecule has 240 valence electrons. The minimum absolute atomic E-state index is 0.862. The SMILES string of the molecule is c1ccc(-c2cc(-c3ccccc3)cc(-c3c4ccccc4c(N(c4ccccn4)c4ccccc4-c4ccccc4)c4ccccc34)c2)cc1. The van der Waals surface area contributed by atoms with Crippen molar-refractivity contribution < 1.29 is 0 Å². The topological polar surface area (TPSA) is 16.1 Å². The molecule has 0 atom stereocenters. The number of anilines is 3. The highest BCUT2D eigenvalue weighted by atomic mass is 15.2. The quantitative estimate of drug-likeness (QED) is 0.160. The lowest BCUT2D eigenvalue weighted by molar-refractivity contribution is 1.19. The molecule has 0 bridgehead atoms. The van der Waals surface area contributed by atoms with Crippen molar-refractivity contribution in [2.24, 2.45) is 0 Å². The van der Waals surface area contributed by atoms with E-state index in [-0.39, 0.29) is 0 Å². The van der Waals surface area contributed by atoms with Crippen LogP contribution in [0.4, 0.5) is 17.2 Å². The lowest BCUT2D eigenvalue weighted by Crippen LogP contribution is -2.14. The molecule has 1 heterocycles. The van der Waals surface area contributed by atoms with E-state index in [1.165, 1.54) is 44.2 Å². The number of hydrogen-bond donors (Lipinski definition) is 0. The molecule has 2 nitrogen and oxygen atoms in total. The summed E-state index contributed by atoms with van der Waals surface area (Å²) < 4.78 is 0. The molecule has 0 N–H and O–H groups in total. The van der Waals surface area contributed by atoms with Crippen LogP contribution in [-0.4, -0.2) is 4.98 Å². The maximum Gasteiger partial charge on any atom is 0.137 e. The summed E-state index contributed by atoms with van der Waals surface area (Å²) in [4.78, 5) is 7.33. The molecule has 51 heavy (non-hydrogen) atoms. The van der Waals surface area contributed by atoms with E-state index in [2.05, 4.69) is 199 Å². The highest BCUT2D eigenvalue weighted by Crippen LogP contribution is 2.50. The first kappa shape index (κ1) is 30.3. The first-order valence-corrected chi connectivity index (χ1v) is 17.4. The van der Waals surface area contributed by atoms with Crippen molar-refractivity contribution in [3.8, 4) is 44.5 Å². The van der Waals surface area contributed by atoms with Gasteiger partial charge in [-0.1, -0.05) is 164 Å². The Morgan fingerprint density at radius 3 is 1.33 bits per heavy atom. The Balaban J connectivity index is 1.38. The van der Waals surface area contributed by atoms with Gasteiger partial charge >= 0.3 is 0 Å². The van der Waals surface area contributed by atoms with E-state index in [4.69, 9.17) is 4.98 Å². The van der Waals surface area contributed by atoms with E-state index >= 15 is 0 Å². The molecule has 0 spiro atoms. The Bertz CT molecular complexity index is 2500. The van der Waals surface area contributed by atoms with Gasteiger partial charge in [0, 0.05) is 22.5 Å². The van der Waals surface area contributed by atoms with E-state index in [0.29, 0.717) is 0 Å². The van der Waals surface area contributed by atoms with Gasteiger partial charge in [0.15, 0.2) is 0 Å². The summed E-state index contributed by atoms with van der Waals surface area (Å²) in [5.41, 5.74) is 11.7. The summed E-state index contributed by atoms with van der Waals surface area (Å²) in [6.45, 7) is 0. The number of rotatable bonds is 7. The van der Waals surface area contributed by atoms with Gasteiger partial charge in [-0.2, -0.15) is 0 Å². The fourth-order valence-electron chi connectivity index (χ4n) is 7.40. The Kier molecular flexibility index (Phi) is 7.88. The molecule has 0 fully saturated rings. The van der Waals surface area contributed by atoms with E-state index < -0.39 is 0 Å². The van der Waals surface area contributed by atoms with E-state index in [1.807, 2.05) is 12.3 Å². The smallest absolute Gasteiger partial charge is 0.137 e. The average molecular weight is 651 g/mol. The summed E-state index contributed by atoms with van der Waals surface area (Å²) in [6, 6.07) is 71.6. The van der Waals surface area contributed by atoms with Crippen molar-refractivity contribution in [1.29, 1.82) is 0 Å². The Labute approximate surface area is 298 Å². The van der Waals surface area contributed by atoms with Crippen LogP contribution in [0.3, 0.4) is 0 Å². The third-order valence-corrected chi connectivity index (χ3v) is 9.67. The summed E-state index contributed by atoms with van der Waals surface area (Å²) >= 11 is 0. The Morgan fingerprint density at radius 1 is 0.333 bits per heavy atom. The molecular formula is C49H34N2. The predicted molar refractivity (Wildman–Crippen MR) is 216 cm³/mol. The molecule has 9 rings (SSSR count). The normalized spacial score (nSPS) is 11.1. The van der Waals surface area contributed by atoms with Crippen molar-refractivity contribution in [3.63, 3.8) is 0 Å². The molecule has 8 aromatic carbocycles. The van der Waals surface area contributed by atoms with Crippen LogP contribution in [0.25, 0.3) is 66.1 Å². The maximum atomic E-state index is 4.98. The number of aromatic nitrogens is 1. The van der Waals surface area contributed by atoms with Crippen molar-refractivity contribution >= 4 is 38.7 Å². The summed E-state index contributed by atoms with van der Waals surface area (Å²) in [5, 5.41) is 4.69. The van der Waals surface area contributed by atoms with Crippen LogP contribution < -0.4 is 4.90 Å². The highest BCUT2D eigenvalue weighted by molar-refractivity contribution is 6.22. The standard InChI is InChI=1S/C49H34N2/c1-4-18-35(19-5-1)38-32-39(36-20-6-2-7-21-36)34-40(33-38)48-42-25-10-12-27-44(42)49(45-28-13-11-26-43(45)48)51(47-30-16-17-31-50-47)46-29-15-14-24-41(46)37-22-8-3-9-23-37/h1-34H. The zero-order valence-electron chi connectivity index (χ0n) is 28.0. The predicted octanol–water partition coefficient (Wildman–Crippen LogP) is 13.5. The zero-order valence-corrected chi connectivity index (χ0v) is 28.0. The van der Waals surface area contributed by atoms with Crippen LogP contribution in [0.1, 0.15) is 0 Å². The first-order valence-electron chi connectivity index (χ1n) is 17.4. The van der Waals surface area contributed by atoms with Crippen molar-refractivity contribution in [3.05, 3.63) is 206 Å². The van der Waals surface area contributed by atoms with Crippen molar-refractivity contribution in [2.75, 3.05) is 4.90 Å². The van der Waals surface area contributed by atoms with Gasteiger partial charge in [0.2, 0.25) is 0 Å². The van der Waals surface area contributed by atoms with Gasteiger partial charge in [-0.25, -0.2) is 4.98 Å². The van der Waals surface area contributed by atoms with Crippen LogP contribution in [0.2, 0.25) is 0 Å². The molecule has 1 aromatic heterocycles. The van der Waals surface area contributed by atoms with Gasteiger partial charge in [-0.05, 0) is 86.1 Å². The molecule has 0 aliphatic carbocycles. The van der Waals surface area contributed by atoms with Crippen LogP contribution >= 0.6 is 0 Å². The number of pyridine rings is 1. The molecule has 0 aliphatic rings. The van der Waals surface area contributed by atoms with Gasteiger partial charge in [-0.15, -0.1) is 0 Å². The summed E-state index contributed by atoms with van der Waals surface area (Å²) in [6.07, 6.45) is 1.88. The monoisotopic (exact) mass is 650 g/mol. The molecule has 2 heteroatoms. The van der Waals surface area contributed by atoms with Crippen molar-refractivity contribution in [1.82, 2.24) is 4.98 Å². The van der Waals surface area contributed by atoms with Gasteiger partial charge < -0.3 is 0 Å².